The fraction of sp³-hybridized carbons (Fsp3) is 0.500. The van der Waals surface area contributed by atoms with Gasteiger partial charge >= 0.3 is 0 Å². The Labute approximate surface area is 169 Å². The van der Waals surface area contributed by atoms with Crippen LogP contribution in [-0.4, -0.2) is 40.1 Å². The molecule has 1 amide bonds. The van der Waals surface area contributed by atoms with Crippen molar-refractivity contribution in [3.05, 3.63) is 45.1 Å². The summed E-state index contributed by atoms with van der Waals surface area (Å²) < 4.78 is 7.62. The summed E-state index contributed by atoms with van der Waals surface area (Å²) in [5.41, 5.74) is 2.11. The Bertz CT molecular complexity index is 1060. The number of nitrogens with one attached hydrogen (secondary N) is 1. The van der Waals surface area contributed by atoms with Crippen LogP contribution in [0.25, 0.3) is 6.58 Å². The predicted molar refractivity (Wildman–Crippen MR) is 111 cm³/mol. The number of rotatable bonds is 6. The van der Waals surface area contributed by atoms with Crippen LogP contribution in [0.3, 0.4) is 0 Å². The first kappa shape index (κ1) is 19.5. The Balaban J connectivity index is 1.32. The van der Waals surface area contributed by atoms with Crippen molar-refractivity contribution in [1.82, 2.24) is 14.5 Å². The number of imidazole rings is 1. The second-order valence-electron chi connectivity index (χ2n) is 7.96. The fourth-order valence-corrected chi connectivity index (χ4v) is 4.17. The molecule has 1 N–H and O–H groups in total. The molecule has 1 aliphatic carbocycles. The highest BCUT2D eigenvalue weighted by Crippen LogP contribution is 2.27. The zero-order valence-corrected chi connectivity index (χ0v) is 16.9. The Kier molecular flexibility index (Phi) is 5.56. The highest BCUT2D eigenvalue weighted by atomic mass is 16.5. The van der Waals surface area contributed by atoms with Gasteiger partial charge in [-0.25, -0.2) is 4.99 Å². The average Bonchev–Trinajstić information content (AvgIpc) is 3.02. The SMILES string of the molecule is C=c1c(=O)[nH]c2n1Cc1ccc(OCCCC(=O)N(C)C3CCCCC3)cc1N=2. The van der Waals surface area contributed by atoms with Crippen LogP contribution in [0.2, 0.25) is 0 Å². The van der Waals surface area contributed by atoms with Crippen LogP contribution in [0, 0.1) is 0 Å². The Hall–Kier alpha value is -2.83. The largest absolute Gasteiger partial charge is 0.494 e. The number of benzene rings is 1. The molecule has 2 heterocycles. The van der Waals surface area contributed by atoms with Crippen molar-refractivity contribution in [3.63, 3.8) is 0 Å². The molecule has 0 unspecified atom stereocenters. The van der Waals surface area contributed by atoms with Crippen molar-refractivity contribution >= 4 is 18.2 Å². The molecule has 1 saturated carbocycles. The van der Waals surface area contributed by atoms with Gasteiger partial charge in [-0.05, 0) is 30.9 Å². The first-order valence-electron chi connectivity index (χ1n) is 10.4. The van der Waals surface area contributed by atoms with Crippen molar-refractivity contribution in [3.8, 4) is 5.75 Å². The summed E-state index contributed by atoms with van der Waals surface area (Å²) in [7, 11) is 1.93. The third-order valence-corrected chi connectivity index (χ3v) is 6.00. The lowest BCUT2D eigenvalue weighted by Gasteiger charge is -2.31. The maximum absolute atomic E-state index is 12.4. The maximum atomic E-state index is 12.4. The smallest absolute Gasteiger partial charge is 0.274 e. The number of ether oxygens (including phenoxy) is 1. The molecule has 154 valence electrons. The summed E-state index contributed by atoms with van der Waals surface area (Å²) in [5.74, 6) is 0.924. The number of carbonyl (C=O) groups is 1. The van der Waals surface area contributed by atoms with E-state index in [0.29, 0.717) is 43.0 Å². The Morgan fingerprint density at radius 1 is 1.34 bits per heavy atom. The molecule has 1 aliphatic heterocycles. The van der Waals surface area contributed by atoms with Gasteiger partial charge in [-0.15, -0.1) is 0 Å². The number of nitrogens with zero attached hydrogens (tertiary/aromatic N) is 3. The van der Waals surface area contributed by atoms with Gasteiger partial charge < -0.3 is 14.2 Å². The molecule has 7 heteroatoms. The molecule has 0 radical (unpaired) electrons. The molecule has 0 atom stereocenters. The molecule has 2 aromatic rings. The van der Waals surface area contributed by atoms with E-state index in [4.69, 9.17) is 4.74 Å². The average molecular weight is 396 g/mol. The molecule has 1 aromatic carbocycles. The van der Waals surface area contributed by atoms with Gasteiger partial charge in [0, 0.05) is 25.6 Å². The molecule has 4 rings (SSSR count). The highest BCUT2D eigenvalue weighted by Gasteiger charge is 2.21. The molecule has 1 fully saturated rings. The van der Waals surface area contributed by atoms with Gasteiger partial charge in [0.25, 0.3) is 5.56 Å². The van der Waals surface area contributed by atoms with Gasteiger partial charge in [-0.2, -0.15) is 0 Å². The van der Waals surface area contributed by atoms with Gasteiger partial charge in [0.15, 0.2) is 0 Å². The van der Waals surface area contributed by atoms with E-state index in [0.717, 1.165) is 29.8 Å². The van der Waals surface area contributed by atoms with Crippen molar-refractivity contribution < 1.29 is 9.53 Å². The molecule has 7 nitrogen and oxygen atoms in total. The molecule has 1 aromatic heterocycles. The Morgan fingerprint density at radius 3 is 2.93 bits per heavy atom. The van der Waals surface area contributed by atoms with E-state index in [9.17, 15) is 9.59 Å². The number of carbonyl (C=O) groups excluding carboxylic acids is 1. The van der Waals surface area contributed by atoms with Crippen molar-refractivity contribution in [2.45, 2.75) is 57.5 Å². The molecule has 0 spiro atoms. The summed E-state index contributed by atoms with van der Waals surface area (Å²) in [4.78, 5) is 33.3. The molecular formula is C22H28N4O3. The normalized spacial score (nSPS) is 15.9. The minimum Gasteiger partial charge on any atom is -0.494 e. The number of fused-ring (bicyclic) bond motifs is 2. The van der Waals surface area contributed by atoms with Crippen molar-refractivity contribution in [2.24, 2.45) is 4.99 Å². The zero-order chi connectivity index (χ0) is 20.4. The lowest BCUT2D eigenvalue weighted by Crippen LogP contribution is -2.38. The first-order chi connectivity index (χ1) is 14.0. The monoisotopic (exact) mass is 396 g/mol. The summed E-state index contributed by atoms with van der Waals surface area (Å²) in [6, 6.07) is 6.15. The van der Waals surface area contributed by atoms with Crippen LogP contribution < -0.4 is 21.3 Å². The first-order valence-corrected chi connectivity index (χ1v) is 10.4. The van der Waals surface area contributed by atoms with E-state index in [2.05, 4.69) is 16.6 Å². The van der Waals surface area contributed by atoms with Crippen molar-refractivity contribution in [2.75, 3.05) is 13.7 Å². The van der Waals surface area contributed by atoms with Gasteiger partial charge in [0.1, 0.15) is 11.1 Å². The van der Waals surface area contributed by atoms with Crippen LogP contribution in [-0.2, 0) is 11.3 Å². The van der Waals surface area contributed by atoms with E-state index in [-0.39, 0.29) is 11.5 Å². The lowest BCUT2D eigenvalue weighted by atomic mass is 9.94. The van der Waals surface area contributed by atoms with Gasteiger partial charge in [0.05, 0.1) is 18.8 Å². The van der Waals surface area contributed by atoms with Crippen LogP contribution in [0.4, 0.5) is 5.69 Å². The predicted octanol–water partition coefficient (Wildman–Crippen LogP) is 1.85. The quantitative estimate of drug-likeness (QED) is 0.646. The number of aromatic amines is 1. The van der Waals surface area contributed by atoms with Crippen LogP contribution >= 0.6 is 0 Å². The Morgan fingerprint density at radius 2 is 2.14 bits per heavy atom. The molecule has 0 saturated heterocycles. The molecular weight excluding hydrogens is 368 g/mol. The lowest BCUT2D eigenvalue weighted by molar-refractivity contribution is -0.132. The van der Waals surface area contributed by atoms with E-state index < -0.39 is 0 Å². The summed E-state index contributed by atoms with van der Waals surface area (Å²) in [5, 5.41) is 0.414. The van der Waals surface area contributed by atoms with Crippen LogP contribution in [0.15, 0.2) is 28.0 Å². The zero-order valence-electron chi connectivity index (χ0n) is 16.9. The van der Waals surface area contributed by atoms with E-state index in [1.54, 1.807) is 4.57 Å². The highest BCUT2D eigenvalue weighted by molar-refractivity contribution is 5.76. The molecule has 0 bridgehead atoms. The van der Waals surface area contributed by atoms with Crippen molar-refractivity contribution in [1.29, 1.82) is 0 Å². The second kappa shape index (κ2) is 8.27. The second-order valence-corrected chi connectivity index (χ2v) is 7.96. The topological polar surface area (TPSA) is 79.7 Å². The number of hydrogen-bond acceptors (Lipinski definition) is 4. The minimum absolute atomic E-state index is 0.203. The molecule has 29 heavy (non-hydrogen) atoms. The third-order valence-electron chi connectivity index (χ3n) is 6.00. The van der Waals surface area contributed by atoms with Crippen LogP contribution in [0.5, 0.6) is 5.75 Å². The summed E-state index contributed by atoms with van der Waals surface area (Å²) in [6.07, 6.45) is 7.18. The van der Waals surface area contributed by atoms with Gasteiger partial charge in [-0.1, -0.05) is 31.9 Å². The fourth-order valence-electron chi connectivity index (χ4n) is 4.17. The number of hydrogen-bond donors (Lipinski definition) is 1. The van der Waals surface area contributed by atoms with E-state index in [1.165, 1.54) is 19.3 Å². The maximum Gasteiger partial charge on any atom is 0.274 e. The number of amides is 1. The number of aromatic nitrogens is 2. The third kappa shape index (κ3) is 4.13. The molecule has 2 aliphatic rings. The van der Waals surface area contributed by atoms with Gasteiger partial charge in [-0.3, -0.25) is 14.6 Å². The van der Waals surface area contributed by atoms with E-state index in [1.807, 2.05) is 30.1 Å². The minimum atomic E-state index is -0.212. The summed E-state index contributed by atoms with van der Waals surface area (Å²) in [6.45, 7) is 4.84. The van der Waals surface area contributed by atoms with Crippen LogP contribution in [0.1, 0.15) is 50.5 Å². The summed E-state index contributed by atoms with van der Waals surface area (Å²) >= 11 is 0. The van der Waals surface area contributed by atoms with E-state index >= 15 is 0 Å². The standard InChI is InChI=1S/C22H28N4O3/c1-15-21(28)24-22-23-19-13-18(11-10-16(19)14-26(15)22)29-12-6-9-20(27)25(2)17-7-4-3-5-8-17/h10-11,13,17H,1,3-9,12,14H2,2H3,(H,23,24,28). The van der Waals surface area contributed by atoms with Gasteiger partial charge in [0.2, 0.25) is 11.5 Å². The number of H-pyrrole nitrogens is 1.